The number of anilines is 1. The van der Waals surface area contributed by atoms with Crippen molar-refractivity contribution >= 4 is 28.8 Å². The first-order valence-electron chi connectivity index (χ1n) is 9.88. The zero-order chi connectivity index (χ0) is 19.6. The minimum atomic E-state index is -0.280. The highest BCUT2D eigenvalue weighted by molar-refractivity contribution is 7.13. The number of carbonyl (C=O) groups excluding carboxylic acids is 2. The van der Waals surface area contributed by atoms with E-state index in [9.17, 15) is 9.59 Å². The number of hydrogen-bond donors (Lipinski definition) is 2. The van der Waals surface area contributed by atoms with E-state index in [2.05, 4.69) is 25.7 Å². The minimum absolute atomic E-state index is 0.0177. The van der Waals surface area contributed by atoms with Gasteiger partial charge in [-0.2, -0.15) is 0 Å². The number of nitrogens with one attached hydrogen (secondary N) is 2. The van der Waals surface area contributed by atoms with E-state index in [0.29, 0.717) is 35.1 Å². The van der Waals surface area contributed by atoms with Gasteiger partial charge in [0.15, 0.2) is 0 Å². The number of aryl methyl sites for hydroxylation is 1. The van der Waals surface area contributed by atoms with Crippen molar-refractivity contribution in [3.63, 3.8) is 0 Å². The summed E-state index contributed by atoms with van der Waals surface area (Å²) in [7, 11) is 0. The van der Waals surface area contributed by atoms with Gasteiger partial charge in [0.25, 0.3) is 5.91 Å². The Morgan fingerprint density at radius 1 is 1.07 bits per heavy atom. The maximum Gasteiger partial charge on any atom is 0.286 e. The molecule has 1 aromatic carbocycles. The summed E-state index contributed by atoms with van der Waals surface area (Å²) in [5.41, 5.74) is 0.716. The molecule has 0 unspecified atom stereocenters. The fourth-order valence-electron chi connectivity index (χ4n) is 3.17. The molecule has 0 radical (unpaired) electrons. The highest BCUT2D eigenvalue weighted by atomic mass is 32.1. The summed E-state index contributed by atoms with van der Waals surface area (Å²) in [5.74, 6) is -0.263. The highest BCUT2D eigenvalue weighted by Gasteiger charge is 2.14. The fraction of sp³-hybridized carbons (Fsp3) is 0.500. The molecule has 2 N–H and O–H groups in total. The van der Waals surface area contributed by atoms with Gasteiger partial charge in [0.05, 0.1) is 0 Å². The van der Waals surface area contributed by atoms with E-state index in [1.165, 1.54) is 43.7 Å². The van der Waals surface area contributed by atoms with E-state index >= 15 is 0 Å². The zero-order valence-electron chi connectivity index (χ0n) is 16.0. The number of rotatable bonds is 9. The van der Waals surface area contributed by atoms with Crippen LogP contribution in [0.25, 0.3) is 0 Å². The Hall–Kier alpha value is -2.32. The molecule has 0 aliphatic carbocycles. The van der Waals surface area contributed by atoms with E-state index in [1.54, 1.807) is 0 Å². The molecule has 150 valence electrons. The van der Waals surface area contributed by atoms with E-state index in [-0.39, 0.29) is 11.8 Å². The Labute approximate surface area is 169 Å². The van der Waals surface area contributed by atoms with Crippen molar-refractivity contribution in [2.24, 2.45) is 0 Å². The van der Waals surface area contributed by atoms with Crippen LogP contribution in [0.1, 0.15) is 46.9 Å². The molecule has 3 rings (SSSR count). The van der Waals surface area contributed by atoms with Crippen molar-refractivity contribution in [1.82, 2.24) is 20.4 Å². The van der Waals surface area contributed by atoms with Gasteiger partial charge < -0.3 is 15.5 Å². The molecule has 1 saturated heterocycles. The van der Waals surface area contributed by atoms with Crippen molar-refractivity contribution in [1.29, 1.82) is 0 Å². The molecule has 1 fully saturated rings. The molecule has 0 atom stereocenters. The number of amides is 2. The number of nitrogens with zero attached hydrogens (tertiary/aromatic N) is 3. The van der Waals surface area contributed by atoms with Crippen LogP contribution in [0, 0.1) is 0 Å². The lowest BCUT2D eigenvalue weighted by Gasteiger charge is -2.26. The van der Waals surface area contributed by atoms with Gasteiger partial charge in [0.1, 0.15) is 5.01 Å². The van der Waals surface area contributed by atoms with Crippen LogP contribution in [0.15, 0.2) is 30.3 Å². The third-order valence-electron chi connectivity index (χ3n) is 4.68. The van der Waals surface area contributed by atoms with Crippen molar-refractivity contribution in [3.8, 4) is 0 Å². The topological polar surface area (TPSA) is 87.2 Å². The van der Waals surface area contributed by atoms with Crippen LogP contribution in [0.4, 0.5) is 5.69 Å². The average Bonchev–Trinajstić information content (AvgIpc) is 3.20. The van der Waals surface area contributed by atoms with E-state index in [0.717, 1.165) is 13.0 Å². The summed E-state index contributed by atoms with van der Waals surface area (Å²) < 4.78 is 0. The molecule has 2 amide bonds. The van der Waals surface area contributed by atoms with Gasteiger partial charge in [-0.1, -0.05) is 36.0 Å². The molecule has 0 bridgehead atoms. The van der Waals surface area contributed by atoms with Gasteiger partial charge in [-0.15, -0.1) is 10.2 Å². The molecule has 2 aromatic rings. The summed E-state index contributed by atoms with van der Waals surface area (Å²) in [6.07, 6.45) is 5.76. The van der Waals surface area contributed by atoms with Crippen molar-refractivity contribution in [2.75, 3.05) is 31.5 Å². The number of benzene rings is 1. The van der Waals surface area contributed by atoms with Crippen LogP contribution in [-0.2, 0) is 11.2 Å². The molecule has 2 heterocycles. The summed E-state index contributed by atoms with van der Waals surface area (Å²) in [6, 6.07) is 9.22. The van der Waals surface area contributed by atoms with Crippen LogP contribution in [0.2, 0.25) is 0 Å². The van der Waals surface area contributed by atoms with Crippen LogP contribution >= 0.6 is 11.3 Å². The largest absolute Gasteiger partial charge is 0.356 e. The van der Waals surface area contributed by atoms with Gasteiger partial charge in [-0.3, -0.25) is 9.59 Å². The standard InChI is InChI=1S/C20H27N5O2S/c26-17(21-12-7-15-25-13-5-2-6-14-25)10-11-18-23-24-20(28-18)19(27)22-16-8-3-1-4-9-16/h1,3-4,8-9H,2,5-7,10-15H2,(H,21,26)(H,22,27). The molecular weight excluding hydrogens is 374 g/mol. The fourth-order valence-corrected chi connectivity index (χ4v) is 3.91. The number of piperidine rings is 1. The minimum Gasteiger partial charge on any atom is -0.356 e. The van der Waals surface area contributed by atoms with Crippen molar-refractivity contribution < 1.29 is 9.59 Å². The Balaban J connectivity index is 1.33. The summed E-state index contributed by atoms with van der Waals surface area (Å²) >= 11 is 1.23. The van der Waals surface area contributed by atoms with Crippen LogP contribution in [0.5, 0.6) is 0 Å². The number of hydrogen-bond acceptors (Lipinski definition) is 6. The molecule has 1 aliphatic rings. The average molecular weight is 402 g/mol. The van der Waals surface area contributed by atoms with Crippen LogP contribution in [0.3, 0.4) is 0 Å². The summed E-state index contributed by atoms with van der Waals surface area (Å²) in [4.78, 5) is 26.7. The second-order valence-corrected chi connectivity index (χ2v) is 7.99. The predicted molar refractivity (Wildman–Crippen MR) is 111 cm³/mol. The smallest absolute Gasteiger partial charge is 0.286 e. The second-order valence-electron chi connectivity index (χ2n) is 6.93. The maximum atomic E-state index is 12.2. The summed E-state index contributed by atoms with van der Waals surface area (Å²) in [5, 5.41) is 14.7. The monoisotopic (exact) mass is 401 g/mol. The molecule has 1 aromatic heterocycles. The summed E-state index contributed by atoms with van der Waals surface area (Å²) in [6.45, 7) is 4.13. The SMILES string of the molecule is O=C(CCc1nnc(C(=O)Nc2ccccc2)s1)NCCCN1CCCCC1. The zero-order valence-corrected chi connectivity index (χ0v) is 16.8. The van der Waals surface area contributed by atoms with Gasteiger partial charge in [0, 0.05) is 25.1 Å². The van der Waals surface area contributed by atoms with Gasteiger partial charge in [-0.25, -0.2) is 0 Å². The lowest BCUT2D eigenvalue weighted by Crippen LogP contribution is -2.33. The quantitative estimate of drug-likeness (QED) is 0.631. The normalized spacial score (nSPS) is 14.6. The predicted octanol–water partition coefficient (Wildman–Crippen LogP) is 2.72. The van der Waals surface area contributed by atoms with E-state index in [1.807, 2.05) is 30.3 Å². The lowest BCUT2D eigenvalue weighted by molar-refractivity contribution is -0.121. The van der Waals surface area contributed by atoms with Gasteiger partial charge in [0.2, 0.25) is 10.9 Å². The van der Waals surface area contributed by atoms with E-state index in [4.69, 9.17) is 0 Å². The molecule has 0 saturated carbocycles. The third kappa shape index (κ3) is 6.69. The number of carbonyl (C=O) groups is 2. The van der Waals surface area contributed by atoms with Crippen molar-refractivity contribution in [2.45, 2.75) is 38.5 Å². The second kappa shape index (κ2) is 10.9. The van der Waals surface area contributed by atoms with Gasteiger partial charge in [-0.05, 0) is 51.0 Å². The maximum absolute atomic E-state index is 12.2. The first-order chi connectivity index (χ1) is 13.7. The molecule has 8 heteroatoms. The first-order valence-corrected chi connectivity index (χ1v) is 10.7. The van der Waals surface area contributed by atoms with Gasteiger partial charge >= 0.3 is 0 Å². The molecule has 28 heavy (non-hydrogen) atoms. The Bertz CT molecular complexity index is 759. The number of para-hydroxylation sites is 1. The van der Waals surface area contributed by atoms with Crippen LogP contribution < -0.4 is 10.6 Å². The Kier molecular flexibility index (Phi) is 7.93. The molecule has 7 nitrogen and oxygen atoms in total. The first kappa shape index (κ1) is 20.4. The highest BCUT2D eigenvalue weighted by Crippen LogP contribution is 2.14. The van der Waals surface area contributed by atoms with E-state index < -0.39 is 0 Å². The van der Waals surface area contributed by atoms with Crippen molar-refractivity contribution in [3.05, 3.63) is 40.3 Å². The Morgan fingerprint density at radius 3 is 2.64 bits per heavy atom. The number of aromatic nitrogens is 2. The van der Waals surface area contributed by atoms with Crippen LogP contribution in [-0.4, -0.2) is 53.1 Å². The molecule has 0 spiro atoms. The third-order valence-corrected chi connectivity index (χ3v) is 5.66. The lowest BCUT2D eigenvalue weighted by atomic mass is 10.1. The number of likely N-dealkylation sites (tertiary alicyclic amines) is 1. The molecular formula is C20H27N5O2S. The molecule has 1 aliphatic heterocycles. The Morgan fingerprint density at radius 2 is 1.86 bits per heavy atom.